The van der Waals surface area contributed by atoms with Gasteiger partial charge in [-0.15, -0.1) is 0 Å². The highest BCUT2D eigenvalue weighted by atomic mass is 16.5. The molecule has 0 aliphatic carbocycles. The molecule has 2 fully saturated rings. The van der Waals surface area contributed by atoms with Crippen molar-refractivity contribution in [2.45, 2.75) is 71.3 Å². The Bertz CT molecular complexity index is 353. The van der Waals surface area contributed by atoms with Gasteiger partial charge in [-0.1, -0.05) is 13.8 Å². The Morgan fingerprint density at radius 3 is 2.24 bits per heavy atom. The molecular formula is C17H34N2O2. The minimum absolute atomic E-state index is 0.183. The molecule has 4 heteroatoms. The molecule has 0 amide bonds. The molecule has 2 heterocycles. The maximum absolute atomic E-state index is 10.6. The Morgan fingerprint density at radius 1 is 1.14 bits per heavy atom. The molecule has 0 bridgehead atoms. The van der Waals surface area contributed by atoms with Gasteiger partial charge in [0.2, 0.25) is 0 Å². The van der Waals surface area contributed by atoms with Gasteiger partial charge in [-0.25, -0.2) is 0 Å². The van der Waals surface area contributed by atoms with Gasteiger partial charge in [0.25, 0.3) is 0 Å². The third-order valence-corrected chi connectivity index (χ3v) is 5.54. The van der Waals surface area contributed by atoms with E-state index in [0.29, 0.717) is 6.04 Å². The number of likely N-dealkylation sites (tertiary alicyclic amines) is 1. The maximum atomic E-state index is 10.6. The van der Waals surface area contributed by atoms with Crippen LogP contribution in [0.4, 0.5) is 0 Å². The second kappa shape index (κ2) is 6.15. The molecule has 0 aromatic rings. The van der Waals surface area contributed by atoms with Crippen molar-refractivity contribution in [1.82, 2.24) is 9.80 Å². The first-order valence-corrected chi connectivity index (χ1v) is 8.56. The Balaban J connectivity index is 1.97. The summed E-state index contributed by atoms with van der Waals surface area (Å²) in [5.74, 6) is 0.183. The molecule has 21 heavy (non-hydrogen) atoms. The van der Waals surface area contributed by atoms with Crippen molar-refractivity contribution < 1.29 is 9.84 Å². The lowest BCUT2D eigenvalue weighted by atomic mass is 9.84. The van der Waals surface area contributed by atoms with Crippen LogP contribution >= 0.6 is 0 Å². The number of likely N-dealkylation sites (N-methyl/N-ethyl adjacent to an activating group) is 1. The molecule has 0 aromatic carbocycles. The van der Waals surface area contributed by atoms with Gasteiger partial charge in [0.1, 0.15) is 0 Å². The van der Waals surface area contributed by atoms with Gasteiger partial charge in [0, 0.05) is 25.0 Å². The first-order valence-electron chi connectivity index (χ1n) is 8.56. The summed E-state index contributed by atoms with van der Waals surface area (Å²) in [6, 6.07) is 0.676. The van der Waals surface area contributed by atoms with E-state index in [1.54, 1.807) is 0 Å². The van der Waals surface area contributed by atoms with Gasteiger partial charge in [-0.05, 0) is 53.8 Å². The van der Waals surface area contributed by atoms with Crippen LogP contribution in [0.3, 0.4) is 0 Å². The first kappa shape index (κ1) is 17.2. The third kappa shape index (κ3) is 3.44. The topological polar surface area (TPSA) is 35.9 Å². The maximum Gasteiger partial charge on any atom is 0.0896 e. The van der Waals surface area contributed by atoms with Gasteiger partial charge < -0.3 is 14.7 Å². The van der Waals surface area contributed by atoms with E-state index in [-0.39, 0.29) is 17.6 Å². The summed E-state index contributed by atoms with van der Waals surface area (Å²) in [6.45, 7) is 18.2. The first-order chi connectivity index (χ1) is 9.71. The molecule has 2 rings (SSSR count). The van der Waals surface area contributed by atoms with E-state index >= 15 is 0 Å². The Hall–Kier alpha value is -0.160. The lowest BCUT2D eigenvalue weighted by Crippen LogP contribution is -2.44. The van der Waals surface area contributed by atoms with Crippen molar-refractivity contribution in [2.24, 2.45) is 5.92 Å². The van der Waals surface area contributed by atoms with Crippen molar-refractivity contribution in [3.63, 3.8) is 0 Å². The van der Waals surface area contributed by atoms with E-state index in [1.165, 1.54) is 6.42 Å². The Kier molecular flexibility index (Phi) is 5.04. The predicted molar refractivity (Wildman–Crippen MR) is 86.5 cm³/mol. The van der Waals surface area contributed by atoms with Crippen molar-refractivity contribution in [2.75, 3.05) is 32.7 Å². The SMILES string of the molecule is CCN(CC)C1CCN(CC2C(O)C(C)(C)OC2(C)C)C1. The molecule has 2 aliphatic heterocycles. The average molecular weight is 298 g/mol. The van der Waals surface area contributed by atoms with Crippen molar-refractivity contribution in [1.29, 1.82) is 0 Å². The standard InChI is InChI=1S/C17H34N2O2/c1-7-19(8-2)13-9-10-18(11-13)12-14-15(20)17(5,6)21-16(14,3)4/h13-15,20H,7-12H2,1-6H3. The van der Waals surface area contributed by atoms with E-state index in [2.05, 4.69) is 37.5 Å². The minimum atomic E-state index is -0.438. The second-order valence-corrected chi connectivity index (χ2v) is 7.78. The fraction of sp³-hybridized carbons (Fsp3) is 1.00. The Morgan fingerprint density at radius 2 is 1.76 bits per heavy atom. The third-order valence-electron chi connectivity index (χ3n) is 5.54. The molecule has 3 atom stereocenters. The molecule has 1 N–H and O–H groups in total. The largest absolute Gasteiger partial charge is 0.390 e. The van der Waals surface area contributed by atoms with E-state index in [0.717, 1.165) is 32.7 Å². The normalized spacial score (nSPS) is 35.7. The van der Waals surface area contributed by atoms with Crippen LogP contribution < -0.4 is 0 Å². The van der Waals surface area contributed by atoms with Crippen LogP contribution in [0.5, 0.6) is 0 Å². The number of aliphatic hydroxyl groups is 1. The lowest BCUT2D eigenvalue weighted by molar-refractivity contribution is -0.0912. The monoisotopic (exact) mass is 298 g/mol. The van der Waals surface area contributed by atoms with Crippen LogP contribution in [0.2, 0.25) is 0 Å². The van der Waals surface area contributed by atoms with Crippen LogP contribution in [-0.2, 0) is 4.74 Å². The van der Waals surface area contributed by atoms with E-state index in [1.807, 2.05) is 13.8 Å². The Labute approximate surface area is 130 Å². The van der Waals surface area contributed by atoms with Gasteiger partial charge in [0.15, 0.2) is 0 Å². The molecule has 4 nitrogen and oxygen atoms in total. The molecule has 0 radical (unpaired) electrons. The predicted octanol–water partition coefficient (Wildman–Crippen LogP) is 1.97. The zero-order valence-electron chi connectivity index (χ0n) is 14.7. The van der Waals surface area contributed by atoms with Crippen LogP contribution in [0, 0.1) is 5.92 Å². The number of hydrogen-bond donors (Lipinski definition) is 1. The quantitative estimate of drug-likeness (QED) is 0.842. The fourth-order valence-corrected chi connectivity index (χ4v) is 4.29. The molecule has 0 aromatic heterocycles. The van der Waals surface area contributed by atoms with Gasteiger partial charge >= 0.3 is 0 Å². The van der Waals surface area contributed by atoms with Crippen LogP contribution in [-0.4, -0.2) is 71.0 Å². The van der Waals surface area contributed by atoms with E-state index in [4.69, 9.17) is 4.74 Å². The highest BCUT2D eigenvalue weighted by Crippen LogP contribution is 2.42. The van der Waals surface area contributed by atoms with Crippen LogP contribution in [0.25, 0.3) is 0 Å². The summed E-state index contributed by atoms with van der Waals surface area (Å²) >= 11 is 0. The second-order valence-electron chi connectivity index (χ2n) is 7.78. The average Bonchev–Trinajstić information content (AvgIpc) is 2.88. The number of aliphatic hydroxyl groups excluding tert-OH is 1. The minimum Gasteiger partial charge on any atom is -0.390 e. The van der Waals surface area contributed by atoms with E-state index < -0.39 is 5.60 Å². The van der Waals surface area contributed by atoms with E-state index in [9.17, 15) is 5.11 Å². The van der Waals surface area contributed by atoms with Crippen molar-refractivity contribution >= 4 is 0 Å². The summed E-state index contributed by atoms with van der Waals surface area (Å²) in [7, 11) is 0. The summed E-state index contributed by atoms with van der Waals surface area (Å²) in [5, 5.41) is 10.6. The molecular weight excluding hydrogens is 264 g/mol. The summed E-state index contributed by atoms with van der Waals surface area (Å²) in [4.78, 5) is 5.07. The fourth-order valence-electron chi connectivity index (χ4n) is 4.29. The molecule has 0 spiro atoms. The zero-order chi connectivity index (χ0) is 15.8. The highest BCUT2D eigenvalue weighted by Gasteiger charge is 2.53. The zero-order valence-corrected chi connectivity index (χ0v) is 14.7. The summed E-state index contributed by atoms with van der Waals surface area (Å²) in [6.07, 6.45) is 0.856. The highest BCUT2D eigenvalue weighted by molar-refractivity contribution is 5.03. The number of hydrogen-bond acceptors (Lipinski definition) is 4. The van der Waals surface area contributed by atoms with Crippen molar-refractivity contribution in [3.8, 4) is 0 Å². The molecule has 2 saturated heterocycles. The lowest BCUT2D eigenvalue weighted by Gasteiger charge is -2.31. The number of rotatable bonds is 5. The smallest absolute Gasteiger partial charge is 0.0896 e. The summed E-state index contributed by atoms with van der Waals surface area (Å²) in [5.41, 5.74) is -0.692. The van der Waals surface area contributed by atoms with Gasteiger partial charge in [-0.2, -0.15) is 0 Å². The van der Waals surface area contributed by atoms with Gasteiger partial charge in [-0.3, -0.25) is 4.90 Å². The van der Waals surface area contributed by atoms with Crippen molar-refractivity contribution in [3.05, 3.63) is 0 Å². The van der Waals surface area contributed by atoms with Gasteiger partial charge in [0.05, 0.1) is 17.3 Å². The molecule has 124 valence electrons. The molecule has 3 unspecified atom stereocenters. The van der Waals surface area contributed by atoms with Crippen LogP contribution in [0.15, 0.2) is 0 Å². The summed E-state index contributed by atoms with van der Waals surface area (Å²) < 4.78 is 6.10. The molecule has 2 aliphatic rings. The number of ether oxygens (including phenoxy) is 1. The number of nitrogens with zero attached hydrogens (tertiary/aromatic N) is 2. The molecule has 0 saturated carbocycles. The van der Waals surface area contributed by atoms with Crippen LogP contribution in [0.1, 0.15) is 48.0 Å².